The van der Waals surface area contributed by atoms with E-state index in [9.17, 15) is 0 Å². The van der Waals surface area contributed by atoms with Gasteiger partial charge in [-0.05, 0) is 25.3 Å². The van der Waals surface area contributed by atoms with E-state index in [-0.39, 0.29) is 0 Å². The number of unbranched alkanes of at least 4 members (excludes halogenated alkanes) is 2. The normalized spacial score (nSPS) is 12.7. The second-order valence-corrected chi connectivity index (χ2v) is 4.56. The summed E-state index contributed by atoms with van der Waals surface area (Å²) >= 11 is 0. The quantitative estimate of drug-likeness (QED) is 0.348. The van der Waals surface area contributed by atoms with Crippen LogP contribution in [0.5, 0.6) is 0 Å². The van der Waals surface area contributed by atoms with Gasteiger partial charge in [0.2, 0.25) is 0 Å². The van der Waals surface area contributed by atoms with Gasteiger partial charge in [0.15, 0.2) is 0 Å². The largest absolute Gasteiger partial charge is 0.269 e. The van der Waals surface area contributed by atoms with Crippen molar-refractivity contribution < 1.29 is 0 Å². The lowest BCUT2D eigenvalue weighted by Crippen LogP contribution is -1.99. The topological polar surface area (TPSA) is 12.4 Å². The molecular weight excluding hydrogens is 206 g/mol. The molecule has 0 bridgehead atoms. The van der Waals surface area contributed by atoms with Crippen molar-refractivity contribution in [1.29, 1.82) is 0 Å². The molecule has 0 aromatic carbocycles. The zero-order chi connectivity index (χ0) is 12.8. The zero-order valence-electron chi connectivity index (χ0n) is 11.9. The van der Waals surface area contributed by atoms with Crippen LogP contribution in [-0.2, 0) is 0 Å². The average molecular weight is 235 g/mol. The van der Waals surface area contributed by atoms with Gasteiger partial charge >= 0.3 is 0 Å². The van der Waals surface area contributed by atoms with Gasteiger partial charge in [-0.25, -0.2) is 0 Å². The molecule has 1 heteroatoms. The van der Waals surface area contributed by atoms with Crippen LogP contribution < -0.4 is 0 Å². The van der Waals surface area contributed by atoms with Gasteiger partial charge < -0.3 is 0 Å². The monoisotopic (exact) mass is 235 g/mol. The van der Waals surface area contributed by atoms with Crippen LogP contribution in [0.25, 0.3) is 0 Å². The van der Waals surface area contributed by atoms with E-state index in [1.165, 1.54) is 44.9 Å². The number of hydrogen-bond acceptors (Lipinski definition) is 1. The summed E-state index contributed by atoms with van der Waals surface area (Å²) in [5.41, 5.74) is 0. The third-order valence-electron chi connectivity index (χ3n) is 2.97. The first kappa shape index (κ1) is 16.1. The van der Waals surface area contributed by atoms with Crippen molar-refractivity contribution >= 4 is 6.21 Å². The van der Waals surface area contributed by atoms with Crippen LogP contribution in [0.1, 0.15) is 65.7 Å². The smallest absolute Gasteiger partial charge is 0.0263 e. The van der Waals surface area contributed by atoms with Gasteiger partial charge in [0.05, 0.1) is 0 Å². The Hall–Kier alpha value is -0.850. The molecule has 0 heterocycles. The maximum absolute atomic E-state index is 4.03. The Morgan fingerprint density at radius 1 is 1.00 bits per heavy atom. The van der Waals surface area contributed by atoms with E-state index in [1.807, 2.05) is 19.2 Å². The van der Waals surface area contributed by atoms with E-state index in [4.69, 9.17) is 0 Å². The maximum Gasteiger partial charge on any atom is 0.0263 e. The molecule has 0 saturated carbocycles. The zero-order valence-corrected chi connectivity index (χ0v) is 11.9. The Kier molecular flexibility index (Phi) is 12.6. The van der Waals surface area contributed by atoms with Crippen molar-refractivity contribution in [2.75, 3.05) is 0 Å². The minimum Gasteiger partial charge on any atom is -0.269 e. The van der Waals surface area contributed by atoms with Crippen LogP contribution in [-0.4, -0.2) is 6.21 Å². The summed E-state index contributed by atoms with van der Waals surface area (Å²) in [6.07, 6.45) is 19.4. The van der Waals surface area contributed by atoms with Gasteiger partial charge in [-0.15, -0.1) is 0 Å². The molecule has 0 radical (unpaired) electrons. The maximum atomic E-state index is 4.03. The fourth-order valence-corrected chi connectivity index (χ4v) is 1.90. The lowest BCUT2D eigenvalue weighted by atomic mass is 9.93. The SMILES string of the molecule is CC=N/C=C\C=C/CC(CCCC)CCCC. The van der Waals surface area contributed by atoms with Gasteiger partial charge in [-0.2, -0.15) is 0 Å². The van der Waals surface area contributed by atoms with Crippen LogP contribution in [0.15, 0.2) is 29.4 Å². The van der Waals surface area contributed by atoms with Crippen molar-refractivity contribution in [3.8, 4) is 0 Å². The number of nitrogens with zero attached hydrogens (tertiary/aromatic N) is 1. The van der Waals surface area contributed by atoms with Gasteiger partial charge in [-0.1, -0.05) is 64.5 Å². The second-order valence-electron chi connectivity index (χ2n) is 4.56. The number of hydrogen-bond donors (Lipinski definition) is 0. The molecule has 98 valence electrons. The Balaban J connectivity index is 3.87. The number of aliphatic imine (C=N–C) groups is 1. The molecular formula is C16H29N. The minimum absolute atomic E-state index is 0.884. The molecule has 0 N–H and O–H groups in total. The van der Waals surface area contributed by atoms with Crippen LogP contribution >= 0.6 is 0 Å². The van der Waals surface area contributed by atoms with E-state index < -0.39 is 0 Å². The summed E-state index contributed by atoms with van der Waals surface area (Å²) in [4.78, 5) is 4.03. The highest BCUT2D eigenvalue weighted by atomic mass is 14.6. The summed E-state index contributed by atoms with van der Waals surface area (Å²) in [7, 11) is 0. The molecule has 0 aromatic rings. The highest BCUT2D eigenvalue weighted by Crippen LogP contribution is 2.20. The minimum atomic E-state index is 0.884. The highest BCUT2D eigenvalue weighted by Gasteiger charge is 2.05. The Bertz CT molecular complexity index is 218. The first-order chi connectivity index (χ1) is 8.35. The summed E-state index contributed by atoms with van der Waals surface area (Å²) in [5, 5.41) is 0. The summed E-state index contributed by atoms with van der Waals surface area (Å²) in [5.74, 6) is 0.884. The molecule has 0 amide bonds. The molecule has 0 aromatic heterocycles. The average Bonchev–Trinajstić information content (AvgIpc) is 2.35. The van der Waals surface area contributed by atoms with Crippen molar-refractivity contribution in [3.05, 3.63) is 24.4 Å². The van der Waals surface area contributed by atoms with Gasteiger partial charge in [0.25, 0.3) is 0 Å². The molecule has 0 atom stereocenters. The first-order valence-electron chi connectivity index (χ1n) is 7.14. The third kappa shape index (κ3) is 11.4. The molecule has 0 aliphatic rings. The van der Waals surface area contributed by atoms with Gasteiger partial charge in [0.1, 0.15) is 0 Å². The molecule has 0 saturated heterocycles. The van der Waals surface area contributed by atoms with E-state index >= 15 is 0 Å². The second kappa shape index (κ2) is 13.2. The van der Waals surface area contributed by atoms with E-state index in [1.54, 1.807) is 6.21 Å². The molecule has 0 fully saturated rings. The summed E-state index contributed by atoms with van der Waals surface area (Å²) < 4.78 is 0. The van der Waals surface area contributed by atoms with Crippen LogP contribution in [0, 0.1) is 5.92 Å². The standard InChI is InChI=1S/C16H29N/c1-4-7-12-16(13-8-5-2)14-10-9-11-15-17-6-3/h6,9-11,15-16H,4-5,7-8,12-14H2,1-3H3/b10-9-,15-11-,17-6?. The Morgan fingerprint density at radius 2 is 1.65 bits per heavy atom. The van der Waals surface area contributed by atoms with E-state index in [0.717, 1.165) is 5.92 Å². The summed E-state index contributed by atoms with van der Waals surface area (Å²) in [6.45, 7) is 6.48. The molecule has 0 aliphatic heterocycles. The molecule has 0 spiro atoms. The Labute approximate surface area is 108 Å². The van der Waals surface area contributed by atoms with Crippen LogP contribution in [0.2, 0.25) is 0 Å². The predicted molar refractivity (Wildman–Crippen MR) is 79.6 cm³/mol. The van der Waals surface area contributed by atoms with Gasteiger partial charge in [0, 0.05) is 12.4 Å². The molecule has 0 rings (SSSR count). The first-order valence-corrected chi connectivity index (χ1v) is 7.14. The number of allylic oxidation sites excluding steroid dienone is 3. The fourth-order valence-electron chi connectivity index (χ4n) is 1.90. The predicted octanol–water partition coefficient (Wildman–Crippen LogP) is 5.53. The van der Waals surface area contributed by atoms with E-state index in [0.29, 0.717) is 0 Å². The van der Waals surface area contributed by atoms with Crippen molar-refractivity contribution in [2.24, 2.45) is 10.9 Å². The van der Waals surface area contributed by atoms with E-state index in [2.05, 4.69) is 31.0 Å². The van der Waals surface area contributed by atoms with Crippen molar-refractivity contribution in [2.45, 2.75) is 65.7 Å². The lowest BCUT2D eigenvalue weighted by Gasteiger charge is -2.13. The Morgan fingerprint density at radius 3 is 2.18 bits per heavy atom. The van der Waals surface area contributed by atoms with Gasteiger partial charge in [-0.3, -0.25) is 4.99 Å². The fraction of sp³-hybridized carbons (Fsp3) is 0.688. The highest BCUT2D eigenvalue weighted by molar-refractivity contribution is 5.54. The molecule has 1 nitrogen and oxygen atoms in total. The van der Waals surface area contributed by atoms with Crippen molar-refractivity contribution in [1.82, 2.24) is 0 Å². The molecule has 0 unspecified atom stereocenters. The molecule has 17 heavy (non-hydrogen) atoms. The molecule has 0 aliphatic carbocycles. The number of rotatable bonds is 10. The third-order valence-corrected chi connectivity index (χ3v) is 2.97. The van der Waals surface area contributed by atoms with Crippen LogP contribution in [0.3, 0.4) is 0 Å². The summed E-state index contributed by atoms with van der Waals surface area (Å²) in [6, 6.07) is 0. The lowest BCUT2D eigenvalue weighted by molar-refractivity contribution is 0.423. The van der Waals surface area contributed by atoms with Crippen LogP contribution in [0.4, 0.5) is 0 Å². The van der Waals surface area contributed by atoms with Crippen molar-refractivity contribution in [3.63, 3.8) is 0 Å².